The third-order valence-electron chi connectivity index (χ3n) is 2.15. The van der Waals surface area contributed by atoms with Crippen molar-refractivity contribution in [3.8, 4) is 0 Å². The topological polar surface area (TPSA) is 68.8 Å². The van der Waals surface area contributed by atoms with Crippen LogP contribution in [-0.4, -0.2) is 21.3 Å². The molecule has 0 spiro atoms. The number of nitrogens with two attached hydrogens (primary N) is 1. The van der Waals surface area contributed by atoms with Crippen LogP contribution < -0.4 is 11.1 Å². The smallest absolute Gasteiger partial charge is 0.168 e. The number of rotatable bonds is 4. The molecule has 5 nitrogen and oxygen atoms in total. The van der Waals surface area contributed by atoms with E-state index < -0.39 is 11.6 Å². The molecule has 0 bridgehead atoms. The summed E-state index contributed by atoms with van der Waals surface area (Å²) in [4.78, 5) is 3.58. The van der Waals surface area contributed by atoms with Gasteiger partial charge in [-0.25, -0.2) is 13.8 Å². The van der Waals surface area contributed by atoms with Crippen LogP contribution in [0.15, 0.2) is 24.5 Å². The Hall–Kier alpha value is -2.18. The van der Waals surface area contributed by atoms with Crippen LogP contribution >= 0.6 is 0 Å². The second-order valence-electron chi connectivity index (χ2n) is 3.38. The van der Waals surface area contributed by atoms with Gasteiger partial charge in [0.05, 0.1) is 6.54 Å². The number of nitrogen functional groups attached to an aromatic ring is 1. The molecule has 3 N–H and O–H groups in total. The number of hydrogen-bond donors (Lipinski definition) is 2. The van der Waals surface area contributed by atoms with Gasteiger partial charge in [0.25, 0.3) is 0 Å². The quantitative estimate of drug-likeness (QED) is 0.842. The lowest BCUT2D eigenvalue weighted by Crippen LogP contribution is -2.13. The monoisotopic (exact) mass is 239 g/mol. The number of pyridine rings is 1. The molecule has 0 saturated carbocycles. The van der Waals surface area contributed by atoms with Gasteiger partial charge in [-0.2, -0.15) is 5.10 Å². The third-order valence-corrected chi connectivity index (χ3v) is 2.15. The Morgan fingerprint density at radius 2 is 2.18 bits per heavy atom. The maximum Gasteiger partial charge on any atom is 0.168 e. The molecule has 0 aromatic carbocycles. The van der Waals surface area contributed by atoms with E-state index in [2.05, 4.69) is 15.4 Å². The van der Waals surface area contributed by atoms with Crippen molar-refractivity contribution < 1.29 is 8.78 Å². The lowest BCUT2D eigenvalue weighted by molar-refractivity contribution is 0.576. The third kappa shape index (κ3) is 2.68. The van der Waals surface area contributed by atoms with Crippen molar-refractivity contribution >= 4 is 11.6 Å². The molecule has 0 amide bonds. The SMILES string of the molecule is Nc1nc(NCCn2cccn2)c(F)cc1F. The highest BCUT2D eigenvalue weighted by atomic mass is 19.1. The normalized spacial score (nSPS) is 10.5. The summed E-state index contributed by atoms with van der Waals surface area (Å²) in [6.07, 6.45) is 3.43. The predicted molar refractivity (Wildman–Crippen MR) is 59.3 cm³/mol. The van der Waals surface area contributed by atoms with Crippen LogP contribution in [0.1, 0.15) is 0 Å². The summed E-state index contributed by atoms with van der Waals surface area (Å²) in [5, 5.41) is 6.70. The Morgan fingerprint density at radius 1 is 1.35 bits per heavy atom. The molecule has 0 aliphatic carbocycles. The fourth-order valence-corrected chi connectivity index (χ4v) is 1.33. The number of anilines is 2. The zero-order valence-corrected chi connectivity index (χ0v) is 8.90. The van der Waals surface area contributed by atoms with E-state index in [0.29, 0.717) is 19.2 Å². The first-order valence-corrected chi connectivity index (χ1v) is 4.99. The van der Waals surface area contributed by atoms with Gasteiger partial charge >= 0.3 is 0 Å². The van der Waals surface area contributed by atoms with Crippen molar-refractivity contribution in [3.05, 3.63) is 36.2 Å². The van der Waals surface area contributed by atoms with Crippen LogP contribution in [0.4, 0.5) is 20.4 Å². The molecule has 0 unspecified atom stereocenters. The number of nitrogens with one attached hydrogen (secondary N) is 1. The minimum absolute atomic E-state index is 0.0592. The standard InChI is InChI=1S/C10H11F2N5/c11-7-6-8(12)10(16-9(7)13)14-3-5-17-4-1-2-15-17/h1-2,4,6H,3,5H2,(H3,13,14,16). The van der Waals surface area contributed by atoms with Crippen molar-refractivity contribution in [1.82, 2.24) is 14.8 Å². The Balaban J connectivity index is 1.97. The van der Waals surface area contributed by atoms with E-state index in [0.717, 1.165) is 0 Å². The lowest BCUT2D eigenvalue weighted by atomic mass is 10.4. The van der Waals surface area contributed by atoms with Gasteiger partial charge in [-0.15, -0.1) is 0 Å². The number of nitrogens with zero attached hydrogens (tertiary/aromatic N) is 3. The minimum Gasteiger partial charge on any atom is -0.381 e. The Labute approximate surface area is 96.3 Å². The summed E-state index contributed by atoms with van der Waals surface area (Å²) in [5.74, 6) is -2.01. The summed E-state index contributed by atoms with van der Waals surface area (Å²) in [6.45, 7) is 0.960. The second kappa shape index (κ2) is 4.77. The van der Waals surface area contributed by atoms with Crippen molar-refractivity contribution in [3.63, 3.8) is 0 Å². The maximum atomic E-state index is 13.3. The van der Waals surface area contributed by atoms with E-state index in [9.17, 15) is 8.78 Å². The predicted octanol–water partition coefficient (Wildman–Crippen LogP) is 1.25. The van der Waals surface area contributed by atoms with Crippen molar-refractivity contribution in [2.75, 3.05) is 17.6 Å². The number of halogens is 2. The van der Waals surface area contributed by atoms with Crippen LogP contribution in [0.5, 0.6) is 0 Å². The van der Waals surface area contributed by atoms with Gasteiger partial charge in [-0.05, 0) is 6.07 Å². The molecule has 0 fully saturated rings. The van der Waals surface area contributed by atoms with Gasteiger partial charge in [-0.3, -0.25) is 4.68 Å². The van der Waals surface area contributed by atoms with Gasteiger partial charge in [-0.1, -0.05) is 0 Å². The molecule has 17 heavy (non-hydrogen) atoms. The summed E-state index contributed by atoms with van der Waals surface area (Å²) in [7, 11) is 0. The van der Waals surface area contributed by atoms with Crippen LogP contribution in [0.2, 0.25) is 0 Å². The Kier molecular flexibility index (Phi) is 3.17. The molecule has 0 aliphatic heterocycles. The van der Waals surface area contributed by atoms with E-state index in [1.165, 1.54) is 0 Å². The summed E-state index contributed by atoms with van der Waals surface area (Å²) in [5.41, 5.74) is 5.25. The van der Waals surface area contributed by atoms with Crippen LogP contribution in [0, 0.1) is 11.6 Å². The molecule has 90 valence electrons. The van der Waals surface area contributed by atoms with Gasteiger partial charge in [0.15, 0.2) is 23.3 Å². The van der Waals surface area contributed by atoms with Gasteiger partial charge in [0, 0.05) is 25.0 Å². The molecular formula is C10H11F2N5. The Morgan fingerprint density at radius 3 is 2.88 bits per heavy atom. The van der Waals surface area contributed by atoms with E-state index in [-0.39, 0.29) is 11.6 Å². The average molecular weight is 239 g/mol. The fraction of sp³-hybridized carbons (Fsp3) is 0.200. The van der Waals surface area contributed by atoms with Gasteiger partial charge < -0.3 is 11.1 Å². The van der Waals surface area contributed by atoms with E-state index in [1.54, 1.807) is 23.1 Å². The van der Waals surface area contributed by atoms with Crippen molar-refractivity contribution in [2.45, 2.75) is 6.54 Å². The number of hydrogen-bond acceptors (Lipinski definition) is 4. The molecule has 0 saturated heterocycles. The summed E-state index contributed by atoms with van der Waals surface area (Å²) < 4.78 is 27.8. The minimum atomic E-state index is -0.861. The Bertz CT molecular complexity index is 498. The summed E-state index contributed by atoms with van der Waals surface area (Å²) >= 11 is 0. The molecule has 2 rings (SSSR count). The molecule has 7 heteroatoms. The van der Waals surface area contributed by atoms with Crippen LogP contribution in [0.3, 0.4) is 0 Å². The molecule has 0 atom stereocenters. The highest BCUT2D eigenvalue weighted by molar-refractivity contribution is 5.44. The molecule has 2 heterocycles. The van der Waals surface area contributed by atoms with E-state index in [1.807, 2.05) is 0 Å². The lowest BCUT2D eigenvalue weighted by Gasteiger charge is -2.07. The van der Waals surface area contributed by atoms with Gasteiger partial charge in [0.2, 0.25) is 0 Å². The van der Waals surface area contributed by atoms with E-state index in [4.69, 9.17) is 5.73 Å². The highest BCUT2D eigenvalue weighted by Crippen LogP contribution is 2.16. The zero-order chi connectivity index (χ0) is 12.3. The van der Waals surface area contributed by atoms with E-state index >= 15 is 0 Å². The zero-order valence-electron chi connectivity index (χ0n) is 8.90. The first kappa shape index (κ1) is 11.3. The van der Waals surface area contributed by atoms with Crippen LogP contribution in [0.25, 0.3) is 0 Å². The fourth-order valence-electron chi connectivity index (χ4n) is 1.33. The first-order chi connectivity index (χ1) is 8.16. The number of aromatic nitrogens is 3. The molecule has 2 aromatic rings. The molecule has 0 aliphatic rings. The second-order valence-corrected chi connectivity index (χ2v) is 3.38. The maximum absolute atomic E-state index is 13.3. The van der Waals surface area contributed by atoms with Crippen LogP contribution in [-0.2, 0) is 6.54 Å². The molecule has 2 aromatic heterocycles. The van der Waals surface area contributed by atoms with Crippen molar-refractivity contribution in [2.24, 2.45) is 0 Å². The molecular weight excluding hydrogens is 228 g/mol. The van der Waals surface area contributed by atoms with Crippen molar-refractivity contribution in [1.29, 1.82) is 0 Å². The average Bonchev–Trinajstić information content (AvgIpc) is 2.78. The summed E-state index contributed by atoms with van der Waals surface area (Å²) in [6, 6.07) is 2.49. The highest BCUT2D eigenvalue weighted by Gasteiger charge is 2.08. The first-order valence-electron chi connectivity index (χ1n) is 4.99. The largest absolute Gasteiger partial charge is 0.381 e. The van der Waals surface area contributed by atoms with Gasteiger partial charge in [0.1, 0.15) is 0 Å². The molecule has 0 radical (unpaired) electrons.